The van der Waals surface area contributed by atoms with Crippen molar-refractivity contribution < 1.29 is 14.3 Å². The normalized spacial score (nSPS) is 22.4. The Labute approximate surface area is 83.6 Å². The van der Waals surface area contributed by atoms with Gasteiger partial charge in [-0.2, -0.15) is 0 Å². The number of carbonyl (C=O) groups excluding carboxylic acids is 2. The van der Waals surface area contributed by atoms with Crippen LogP contribution in [0.25, 0.3) is 0 Å². The van der Waals surface area contributed by atoms with Crippen LogP contribution < -0.4 is 0 Å². The summed E-state index contributed by atoms with van der Waals surface area (Å²) in [6, 6.07) is -0.309. The van der Waals surface area contributed by atoms with Gasteiger partial charge in [0, 0.05) is 20.7 Å². The quantitative estimate of drug-likeness (QED) is 0.494. The van der Waals surface area contributed by atoms with Crippen molar-refractivity contribution in [3.05, 3.63) is 0 Å². The molecule has 1 aliphatic rings. The number of urea groups is 1. The van der Waals surface area contributed by atoms with E-state index in [1.54, 1.807) is 7.05 Å². The van der Waals surface area contributed by atoms with E-state index in [9.17, 15) is 9.59 Å². The highest BCUT2D eigenvalue weighted by Gasteiger charge is 2.41. The lowest BCUT2D eigenvalue weighted by Crippen LogP contribution is -2.34. The third kappa shape index (κ3) is 1.87. The average Bonchev–Trinajstić information content (AvgIpc) is 2.35. The summed E-state index contributed by atoms with van der Waals surface area (Å²) < 4.78 is 5.32. The van der Waals surface area contributed by atoms with Gasteiger partial charge >= 0.3 is 6.03 Å². The molecule has 5 heteroatoms. The van der Waals surface area contributed by atoms with E-state index in [1.165, 1.54) is 11.9 Å². The maximum atomic E-state index is 11.5. The van der Waals surface area contributed by atoms with Crippen LogP contribution in [0.3, 0.4) is 0 Å². The van der Waals surface area contributed by atoms with Gasteiger partial charge in [0.1, 0.15) is 0 Å². The lowest BCUT2D eigenvalue weighted by Gasteiger charge is -2.16. The molecule has 1 atom stereocenters. The Kier molecular flexibility index (Phi) is 3.46. The first kappa shape index (κ1) is 11.0. The molecule has 0 N–H and O–H groups in total. The van der Waals surface area contributed by atoms with Gasteiger partial charge in [0.05, 0.1) is 0 Å². The molecule has 1 unspecified atom stereocenters. The van der Waals surface area contributed by atoms with Crippen molar-refractivity contribution in [2.24, 2.45) is 0 Å². The van der Waals surface area contributed by atoms with Gasteiger partial charge in [-0.15, -0.1) is 0 Å². The Morgan fingerprint density at radius 3 is 2.43 bits per heavy atom. The van der Waals surface area contributed by atoms with Crippen molar-refractivity contribution in [1.82, 2.24) is 9.80 Å². The highest BCUT2D eigenvalue weighted by molar-refractivity contribution is 6.02. The molecule has 1 rings (SSSR count). The largest absolute Gasteiger partial charge is 0.349 e. The third-order valence-corrected chi connectivity index (χ3v) is 2.26. The Balaban J connectivity index is 2.52. The van der Waals surface area contributed by atoms with Crippen LogP contribution in [0.5, 0.6) is 0 Å². The maximum Gasteiger partial charge on any atom is 0.328 e. The number of hydrogen-bond donors (Lipinski definition) is 0. The van der Waals surface area contributed by atoms with Crippen molar-refractivity contribution in [3.8, 4) is 0 Å². The Morgan fingerprint density at radius 2 is 2.00 bits per heavy atom. The van der Waals surface area contributed by atoms with Crippen LogP contribution in [0.2, 0.25) is 0 Å². The van der Waals surface area contributed by atoms with Crippen LogP contribution in [0.4, 0.5) is 4.79 Å². The second kappa shape index (κ2) is 4.41. The fourth-order valence-electron chi connectivity index (χ4n) is 1.28. The first-order chi connectivity index (χ1) is 6.59. The molecule has 80 valence electrons. The van der Waals surface area contributed by atoms with Crippen molar-refractivity contribution in [2.75, 3.05) is 20.7 Å². The summed E-state index contributed by atoms with van der Waals surface area (Å²) in [6.45, 7) is 2.55. The van der Waals surface area contributed by atoms with Gasteiger partial charge in [-0.05, 0) is 6.42 Å². The number of hydrogen-bond acceptors (Lipinski definition) is 3. The molecule has 0 aromatic rings. The van der Waals surface area contributed by atoms with E-state index in [1.807, 2.05) is 6.92 Å². The molecule has 1 aliphatic heterocycles. The minimum absolute atomic E-state index is 0.284. The molecule has 14 heavy (non-hydrogen) atoms. The SMILES string of the molecule is CCCCOC1C(=O)N(C)C(=O)N1C. The molecular weight excluding hydrogens is 184 g/mol. The fourth-order valence-corrected chi connectivity index (χ4v) is 1.28. The molecule has 1 fully saturated rings. The van der Waals surface area contributed by atoms with Crippen molar-refractivity contribution in [1.29, 1.82) is 0 Å². The monoisotopic (exact) mass is 200 g/mol. The fraction of sp³-hybridized carbons (Fsp3) is 0.778. The molecule has 0 bridgehead atoms. The summed E-state index contributed by atoms with van der Waals surface area (Å²) >= 11 is 0. The van der Waals surface area contributed by atoms with E-state index in [0.29, 0.717) is 6.61 Å². The van der Waals surface area contributed by atoms with E-state index in [-0.39, 0.29) is 11.9 Å². The van der Waals surface area contributed by atoms with E-state index in [2.05, 4.69) is 0 Å². The summed E-state index contributed by atoms with van der Waals surface area (Å²) in [5.74, 6) is -0.284. The number of likely N-dealkylation sites (N-methyl/N-ethyl adjacent to an activating group) is 2. The summed E-state index contributed by atoms with van der Waals surface area (Å²) in [6.07, 6.45) is 1.18. The highest BCUT2D eigenvalue weighted by Crippen LogP contribution is 2.14. The number of amides is 3. The van der Waals surface area contributed by atoms with Gasteiger partial charge in [0.15, 0.2) is 0 Å². The highest BCUT2D eigenvalue weighted by atomic mass is 16.5. The molecule has 0 spiro atoms. The van der Waals surface area contributed by atoms with Crippen LogP contribution in [0, 0.1) is 0 Å². The lowest BCUT2D eigenvalue weighted by molar-refractivity contribution is -0.140. The summed E-state index contributed by atoms with van der Waals surface area (Å²) in [4.78, 5) is 25.2. The Hall–Kier alpha value is -1.10. The summed E-state index contributed by atoms with van der Waals surface area (Å²) in [5, 5.41) is 0. The van der Waals surface area contributed by atoms with Crippen LogP contribution in [-0.2, 0) is 9.53 Å². The second-order valence-corrected chi connectivity index (χ2v) is 3.37. The Morgan fingerprint density at radius 1 is 1.36 bits per heavy atom. The summed E-state index contributed by atoms with van der Waals surface area (Å²) in [7, 11) is 3.03. The van der Waals surface area contributed by atoms with E-state index in [0.717, 1.165) is 17.7 Å². The standard InChI is InChI=1S/C9H16N2O3/c1-4-5-6-14-8-7(12)10(2)9(13)11(8)3/h8H,4-6H2,1-3H3. The van der Waals surface area contributed by atoms with Gasteiger partial charge in [0.2, 0.25) is 6.23 Å². The number of ether oxygens (including phenoxy) is 1. The molecule has 0 radical (unpaired) electrons. The van der Waals surface area contributed by atoms with Gasteiger partial charge in [0.25, 0.3) is 5.91 Å². The van der Waals surface area contributed by atoms with Gasteiger partial charge < -0.3 is 4.74 Å². The molecule has 0 aromatic heterocycles. The zero-order valence-electron chi connectivity index (χ0n) is 8.82. The number of imide groups is 1. The zero-order chi connectivity index (χ0) is 10.7. The van der Waals surface area contributed by atoms with Crippen LogP contribution in [0.15, 0.2) is 0 Å². The average molecular weight is 200 g/mol. The topological polar surface area (TPSA) is 49.9 Å². The van der Waals surface area contributed by atoms with Crippen molar-refractivity contribution in [3.63, 3.8) is 0 Å². The van der Waals surface area contributed by atoms with Crippen LogP contribution in [-0.4, -0.2) is 48.7 Å². The molecular formula is C9H16N2O3. The molecule has 5 nitrogen and oxygen atoms in total. The summed E-state index contributed by atoms with van der Waals surface area (Å²) in [5.41, 5.74) is 0. The van der Waals surface area contributed by atoms with Crippen LogP contribution >= 0.6 is 0 Å². The molecule has 0 saturated carbocycles. The minimum Gasteiger partial charge on any atom is -0.349 e. The molecule has 0 aliphatic carbocycles. The smallest absolute Gasteiger partial charge is 0.328 e. The number of carbonyl (C=O) groups is 2. The van der Waals surface area contributed by atoms with Gasteiger partial charge in [-0.1, -0.05) is 13.3 Å². The van der Waals surface area contributed by atoms with Crippen molar-refractivity contribution in [2.45, 2.75) is 26.0 Å². The Bertz CT molecular complexity index is 242. The number of unbranched alkanes of at least 4 members (excludes halogenated alkanes) is 1. The van der Waals surface area contributed by atoms with Crippen molar-refractivity contribution >= 4 is 11.9 Å². The number of rotatable bonds is 4. The molecule has 1 heterocycles. The predicted octanol–water partition coefficient (Wildman–Crippen LogP) is 0.653. The van der Waals surface area contributed by atoms with Crippen LogP contribution in [0.1, 0.15) is 19.8 Å². The zero-order valence-corrected chi connectivity index (χ0v) is 8.82. The van der Waals surface area contributed by atoms with E-state index >= 15 is 0 Å². The lowest BCUT2D eigenvalue weighted by atomic mass is 10.4. The molecule has 0 aromatic carbocycles. The van der Waals surface area contributed by atoms with E-state index < -0.39 is 6.23 Å². The first-order valence-corrected chi connectivity index (χ1v) is 4.75. The minimum atomic E-state index is -0.723. The van der Waals surface area contributed by atoms with E-state index in [4.69, 9.17) is 4.74 Å². The number of nitrogens with zero attached hydrogens (tertiary/aromatic N) is 2. The predicted molar refractivity (Wildman–Crippen MR) is 50.6 cm³/mol. The molecule has 3 amide bonds. The maximum absolute atomic E-state index is 11.5. The first-order valence-electron chi connectivity index (χ1n) is 4.75. The van der Waals surface area contributed by atoms with Gasteiger partial charge in [-0.3, -0.25) is 14.6 Å². The second-order valence-electron chi connectivity index (χ2n) is 3.37. The van der Waals surface area contributed by atoms with Gasteiger partial charge in [-0.25, -0.2) is 4.79 Å². The molecule has 1 saturated heterocycles. The third-order valence-electron chi connectivity index (χ3n) is 2.26.